The van der Waals surface area contributed by atoms with Crippen molar-refractivity contribution in [3.8, 4) is 5.75 Å². The highest BCUT2D eigenvalue weighted by Crippen LogP contribution is 2.24. The van der Waals surface area contributed by atoms with Gasteiger partial charge in [-0.05, 0) is 36.8 Å². The standard InChI is InChI=1S/C24H20F3N2O2/c1-17-13-29(16-23(30)19-7-9-20(10-8-19)31-24(25,26)27)22-11-12-28(15-21(17)22)14-18-5-3-2-4-6-18/h2-13,15H,14,16H2,1H3/q+1. The number of benzene rings is 2. The molecule has 2 aromatic carbocycles. The smallest absolute Gasteiger partial charge is 0.406 e. The van der Waals surface area contributed by atoms with Gasteiger partial charge in [-0.25, -0.2) is 4.57 Å². The van der Waals surface area contributed by atoms with Gasteiger partial charge < -0.3 is 9.30 Å². The highest BCUT2D eigenvalue weighted by Gasteiger charge is 2.31. The molecule has 2 heterocycles. The normalized spacial score (nSPS) is 11.6. The highest BCUT2D eigenvalue weighted by atomic mass is 19.4. The molecule has 0 aliphatic rings. The molecule has 0 N–H and O–H groups in total. The Labute approximate surface area is 177 Å². The second-order valence-electron chi connectivity index (χ2n) is 7.34. The number of ether oxygens (including phenoxy) is 1. The van der Waals surface area contributed by atoms with E-state index in [1.165, 1.54) is 17.7 Å². The van der Waals surface area contributed by atoms with Crippen molar-refractivity contribution < 1.29 is 27.3 Å². The van der Waals surface area contributed by atoms with Crippen LogP contribution in [-0.2, 0) is 13.1 Å². The lowest BCUT2D eigenvalue weighted by atomic mass is 10.1. The van der Waals surface area contributed by atoms with Gasteiger partial charge in [-0.1, -0.05) is 30.3 Å². The second-order valence-corrected chi connectivity index (χ2v) is 7.34. The zero-order chi connectivity index (χ0) is 22.0. The van der Waals surface area contributed by atoms with Gasteiger partial charge in [0, 0.05) is 23.4 Å². The number of rotatable bonds is 6. The lowest BCUT2D eigenvalue weighted by Gasteiger charge is -2.09. The van der Waals surface area contributed by atoms with E-state index in [2.05, 4.69) is 27.6 Å². The zero-order valence-corrected chi connectivity index (χ0v) is 16.8. The van der Waals surface area contributed by atoms with Crippen molar-refractivity contribution in [1.82, 2.24) is 4.57 Å². The van der Waals surface area contributed by atoms with E-state index in [-0.39, 0.29) is 18.1 Å². The molecule has 0 aliphatic heterocycles. The molecule has 0 amide bonds. The number of Topliss-reactive ketones (excluding diaryl/α,β-unsaturated/α-hetero) is 1. The number of pyridine rings is 1. The summed E-state index contributed by atoms with van der Waals surface area (Å²) < 4.78 is 44.7. The van der Waals surface area contributed by atoms with Gasteiger partial charge in [0.1, 0.15) is 5.75 Å². The summed E-state index contributed by atoms with van der Waals surface area (Å²) >= 11 is 0. The first-order chi connectivity index (χ1) is 14.8. The maximum atomic E-state index is 12.7. The molecule has 0 atom stereocenters. The molecule has 4 rings (SSSR count). The van der Waals surface area contributed by atoms with Crippen molar-refractivity contribution in [3.05, 3.63) is 95.9 Å². The Bertz CT molecular complexity index is 1210. The molecule has 0 unspecified atom stereocenters. The Morgan fingerprint density at radius 3 is 2.42 bits per heavy atom. The predicted octanol–water partition coefficient (Wildman–Crippen LogP) is 5.07. The quantitative estimate of drug-likeness (QED) is 0.320. The third kappa shape index (κ3) is 4.94. The van der Waals surface area contributed by atoms with E-state index in [0.717, 1.165) is 35.1 Å². The molecule has 2 aromatic heterocycles. The van der Waals surface area contributed by atoms with Gasteiger partial charge in [0.15, 0.2) is 24.7 Å². The van der Waals surface area contributed by atoms with Crippen molar-refractivity contribution in [1.29, 1.82) is 0 Å². The predicted molar refractivity (Wildman–Crippen MR) is 110 cm³/mol. The molecule has 0 saturated carbocycles. The van der Waals surface area contributed by atoms with Gasteiger partial charge in [0.2, 0.25) is 0 Å². The lowest BCUT2D eigenvalue weighted by Crippen LogP contribution is -2.33. The van der Waals surface area contributed by atoms with Crippen LogP contribution in [0.1, 0.15) is 21.5 Å². The van der Waals surface area contributed by atoms with Crippen LogP contribution in [0, 0.1) is 6.92 Å². The van der Waals surface area contributed by atoms with Crippen LogP contribution in [0.4, 0.5) is 13.2 Å². The van der Waals surface area contributed by atoms with Crippen molar-refractivity contribution in [3.63, 3.8) is 0 Å². The second kappa shape index (κ2) is 8.26. The summed E-state index contributed by atoms with van der Waals surface area (Å²) in [5, 5.41) is 1.04. The average Bonchev–Trinajstić information content (AvgIpc) is 3.03. The largest absolute Gasteiger partial charge is 0.573 e. The average molecular weight is 425 g/mol. The van der Waals surface area contributed by atoms with Crippen molar-refractivity contribution >= 4 is 16.7 Å². The number of hydrogen-bond acceptors (Lipinski definition) is 2. The summed E-state index contributed by atoms with van der Waals surface area (Å²) in [4.78, 5) is 12.7. The minimum atomic E-state index is -4.76. The molecule has 4 aromatic rings. The third-order valence-electron chi connectivity index (χ3n) is 5.01. The fourth-order valence-corrected chi connectivity index (χ4v) is 3.57. The van der Waals surface area contributed by atoms with Gasteiger partial charge in [-0.3, -0.25) is 4.79 Å². The van der Waals surface area contributed by atoms with Crippen LogP contribution in [0.2, 0.25) is 0 Å². The molecular formula is C24H20F3N2O2+. The number of aryl methyl sites for hydroxylation is 1. The number of nitrogens with zero attached hydrogens (tertiary/aromatic N) is 2. The molecule has 7 heteroatoms. The van der Waals surface area contributed by atoms with Gasteiger partial charge >= 0.3 is 6.36 Å². The lowest BCUT2D eigenvalue weighted by molar-refractivity contribution is -0.687. The molecule has 0 aliphatic carbocycles. The van der Waals surface area contributed by atoms with Gasteiger partial charge in [-0.2, -0.15) is 0 Å². The van der Waals surface area contributed by atoms with E-state index < -0.39 is 6.36 Å². The third-order valence-corrected chi connectivity index (χ3v) is 5.01. The Kier molecular flexibility index (Phi) is 5.50. The number of hydrogen-bond donors (Lipinski definition) is 0. The number of aromatic nitrogens is 2. The van der Waals surface area contributed by atoms with Crippen LogP contribution in [0.3, 0.4) is 0 Å². The zero-order valence-electron chi connectivity index (χ0n) is 16.8. The van der Waals surface area contributed by atoms with Crippen LogP contribution in [-0.4, -0.2) is 16.7 Å². The molecule has 0 saturated heterocycles. The van der Waals surface area contributed by atoms with Crippen LogP contribution in [0.5, 0.6) is 5.75 Å². The molecule has 0 bridgehead atoms. The van der Waals surface area contributed by atoms with E-state index in [1.54, 1.807) is 0 Å². The topological polar surface area (TPSA) is 35.1 Å². The number of halogens is 3. The summed E-state index contributed by atoms with van der Waals surface area (Å²) in [6.07, 6.45) is 1.18. The molecule has 158 valence electrons. The maximum absolute atomic E-state index is 12.7. The number of fused-ring (bicyclic) bond motifs is 1. The molecule has 31 heavy (non-hydrogen) atoms. The Morgan fingerprint density at radius 1 is 1.03 bits per heavy atom. The van der Waals surface area contributed by atoms with Crippen molar-refractivity contribution in [2.75, 3.05) is 0 Å². The summed E-state index contributed by atoms with van der Waals surface area (Å²) in [5.41, 5.74) is 3.48. The minimum absolute atomic E-state index is 0.0898. The van der Waals surface area contributed by atoms with Gasteiger partial charge in [0.05, 0.1) is 17.4 Å². The SMILES string of the molecule is Cc1cn(CC(=O)c2ccc(OC(F)(F)F)cc2)c2cc[n+](Cc3ccccc3)cc12. The number of carbonyl (C=O) groups is 1. The van der Waals surface area contributed by atoms with Gasteiger partial charge in [0.25, 0.3) is 0 Å². The Morgan fingerprint density at radius 2 is 1.74 bits per heavy atom. The summed E-state index contributed by atoms with van der Waals surface area (Å²) in [5.74, 6) is -0.550. The van der Waals surface area contributed by atoms with Crippen molar-refractivity contribution in [2.24, 2.45) is 0 Å². The Hall–Kier alpha value is -3.61. The van der Waals surface area contributed by atoms with E-state index in [4.69, 9.17) is 0 Å². The number of alkyl halides is 3. The monoisotopic (exact) mass is 425 g/mol. The first kappa shape index (κ1) is 20.7. The first-order valence-electron chi connectivity index (χ1n) is 9.70. The van der Waals surface area contributed by atoms with Crippen LogP contribution >= 0.6 is 0 Å². The summed E-state index contributed by atoms with van der Waals surface area (Å²) in [7, 11) is 0. The summed E-state index contributed by atoms with van der Waals surface area (Å²) in [6, 6.07) is 17.1. The molecular weight excluding hydrogens is 405 g/mol. The molecule has 0 fully saturated rings. The van der Waals surface area contributed by atoms with E-state index in [9.17, 15) is 18.0 Å². The molecule has 0 radical (unpaired) electrons. The summed E-state index contributed by atoms with van der Waals surface area (Å²) in [6.45, 7) is 2.82. The Balaban J connectivity index is 1.52. The highest BCUT2D eigenvalue weighted by molar-refractivity contribution is 5.97. The number of ketones is 1. The number of carbonyl (C=O) groups excluding carboxylic acids is 1. The maximum Gasteiger partial charge on any atom is 0.573 e. The van der Waals surface area contributed by atoms with Crippen LogP contribution < -0.4 is 9.30 Å². The van der Waals surface area contributed by atoms with E-state index in [1.807, 2.05) is 48.1 Å². The van der Waals surface area contributed by atoms with E-state index in [0.29, 0.717) is 5.56 Å². The fourth-order valence-electron chi connectivity index (χ4n) is 3.57. The van der Waals surface area contributed by atoms with Gasteiger partial charge in [-0.15, -0.1) is 13.2 Å². The minimum Gasteiger partial charge on any atom is -0.406 e. The first-order valence-corrected chi connectivity index (χ1v) is 9.70. The van der Waals surface area contributed by atoms with E-state index >= 15 is 0 Å². The van der Waals surface area contributed by atoms with Crippen LogP contribution in [0.25, 0.3) is 10.9 Å². The molecule has 4 nitrogen and oxygen atoms in total. The van der Waals surface area contributed by atoms with Crippen molar-refractivity contribution in [2.45, 2.75) is 26.4 Å². The van der Waals surface area contributed by atoms with Crippen LogP contribution in [0.15, 0.2) is 79.3 Å². The molecule has 0 spiro atoms. The fraction of sp³-hybridized carbons (Fsp3) is 0.167.